The van der Waals surface area contributed by atoms with E-state index in [9.17, 15) is 9.59 Å². The zero-order chi connectivity index (χ0) is 19.3. The van der Waals surface area contributed by atoms with Crippen molar-refractivity contribution in [2.45, 2.75) is 32.1 Å². The molecule has 2 aromatic carbocycles. The van der Waals surface area contributed by atoms with Crippen LogP contribution in [0.15, 0.2) is 54.6 Å². The molecule has 0 unspecified atom stereocenters. The van der Waals surface area contributed by atoms with E-state index in [2.05, 4.69) is 5.32 Å². The molecule has 1 N–H and O–H groups in total. The highest BCUT2D eigenvalue weighted by Gasteiger charge is 2.44. The average molecular weight is 366 g/mol. The van der Waals surface area contributed by atoms with Crippen LogP contribution in [0, 0.1) is 6.92 Å². The van der Waals surface area contributed by atoms with Gasteiger partial charge < -0.3 is 15.0 Å². The maximum Gasteiger partial charge on any atom is 0.321 e. The number of hydrogen-bond donors (Lipinski definition) is 1. The third kappa shape index (κ3) is 4.13. The Hall–Kier alpha value is -2.82. The van der Waals surface area contributed by atoms with Crippen molar-refractivity contribution in [1.29, 1.82) is 0 Å². The molecule has 142 valence electrons. The first-order valence-corrected chi connectivity index (χ1v) is 9.40. The van der Waals surface area contributed by atoms with Crippen molar-refractivity contribution in [2.75, 3.05) is 25.0 Å². The van der Waals surface area contributed by atoms with Crippen molar-refractivity contribution in [3.8, 4) is 0 Å². The van der Waals surface area contributed by atoms with Crippen LogP contribution in [0.3, 0.4) is 0 Å². The number of amides is 2. The number of ether oxygens (including phenoxy) is 1. The number of likely N-dealkylation sites (tertiary alicyclic amines) is 1. The van der Waals surface area contributed by atoms with E-state index in [-0.39, 0.29) is 12.0 Å². The maximum atomic E-state index is 12.8. The molecule has 0 saturated carbocycles. The molecule has 0 aliphatic carbocycles. The number of urea groups is 1. The van der Waals surface area contributed by atoms with Gasteiger partial charge in [0.2, 0.25) is 0 Å². The molecular weight excluding hydrogens is 340 g/mol. The Morgan fingerprint density at radius 2 is 1.67 bits per heavy atom. The lowest BCUT2D eigenvalue weighted by Crippen LogP contribution is -2.50. The number of hydrogen-bond acceptors (Lipinski definition) is 3. The zero-order valence-corrected chi connectivity index (χ0v) is 15.9. The van der Waals surface area contributed by atoms with Crippen LogP contribution in [-0.4, -0.2) is 36.6 Å². The molecule has 0 spiro atoms. The van der Waals surface area contributed by atoms with Crippen LogP contribution in [0.4, 0.5) is 10.5 Å². The van der Waals surface area contributed by atoms with Gasteiger partial charge in [0.15, 0.2) is 0 Å². The molecule has 0 aromatic heterocycles. The molecule has 1 fully saturated rings. The number of piperidine rings is 1. The zero-order valence-electron chi connectivity index (χ0n) is 15.9. The standard InChI is InChI=1S/C22H26N2O3/c1-3-27-20(25)22(18-7-5-4-6-8-18)13-15-24(16-14-22)21(26)23-19-11-9-17(2)10-12-19/h4-12H,3,13-16H2,1-2H3,(H,23,26). The van der Waals surface area contributed by atoms with E-state index in [4.69, 9.17) is 4.74 Å². The topological polar surface area (TPSA) is 58.6 Å². The Balaban J connectivity index is 1.71. The fraction of sp³-hybridized carbons (Fsp3) is 0.364. The lowest BCUT2D eigenvalue weighted by atomic mass is 9.73. The van der Waals surface area contributed by atoms with Crippen LogP contribution in [0.1, 0.15) is 30.9 Å². The van der Waals surface area contributed by atoms with Crippen LogP contribution in [0.2, 0.25) is 0 Å². The fourth-order valence-electron chi connectivity index (χ4n) is 3.57. The van der Waals surface area contributed by atoms with Gasteiger partial charge in [0.05, 0.1) is 12.0 Å². The smallest absolute Gasteiger partial charge is 0.321 e. The van der Waals surface area contributed by atoms with E-state index in [1.165, 1.54) is 0 Å². The number of nitrogens with one attached hydrogen (secondary N) is 1. The maximum absolute atomic E-state index is 12.8. The lowest BCUT2D eigenvalue weighted by Gasteiger charge is -2.40. The van der Waals surface area contributed by atoms with Crippen LogP contribution in [-0.2, 0) is 14.9 Å². The van der Waals surface area contributed by atoms with E-state index >= 15 is 0 Å². The third-order valence-electron chi connectivity index (χ3n) is 5.20. The molecule has 5 nitrogen and oxygen atoms in total. The summed E-state index contributed by atoms with van der Waals surface area (Å²) in [7, 11) is 0. The van der Waals surface area contributed by atoms with Crippen LogP contribution in [0.25, 0.3) is 0 Å². The number of rotatable bonds is 4. The van der Waals surface area contributed by atoms with Gasteiger partial charge in [0.1, 0.15) is 0 Å². The second-order valence-electron chi connectivity index (χ2n) is 6.95. The Kier molecular flexibility index (Phi) is 5.79. The Morgan fingerprint density at radius 1 is 1.04 bits per heavy atom. The molecule has 5 heteroatoms. The number of aryl methyl sites for hydroxylation is 1. The Labute approximate surface area is 160 Å². The molecule has 1 heterocycles. The number of carbonyl (C=O) groups is 2. The molecule has 2 amide bonds. The Bertz CT molecular complexity index is 779. The first-order valence-electron chi connectivity index (χ1n) is 9.40. The molecule has 1 aliphatic rings. The third-order valence-corrected chi connectivity index (χ3v) is 5.20. The highest BCUT2D eigenvalue weighted by Crippen LogP contribution is 2.37. The summed E-state index contributed by atoms with van der Waals surface area (Å²) in [6, 6.07) is 17.3. The molecule has 1 aliphatic heterocycles. The molecule has 1 saturated heterocycles. The van der Waals surface area contributed by atoms with Gasteiger partial charge in [0.25, 0.3) is 0 Å². The van der Waals surface area contributed by atoms with Gasteiger partial charge in [-0.05, 0) is 44.4 Å². The number of esters is 1. The fourth-order valence-corrected chi connectivity index (χ4v) is 3.57. The van der Waals surface area contributed by atoms with Crippen molar-refractivity contribution in [2.24, 2.45) is 0 Å². The molecule has 27 heavy (non-hydrogen) atoms. The summed E-state index contributed by atoms with van der Waals surface area (Å²) >= 11 is 0. The van der Waals surface area contributed by atoms with Gasteiger partial charge in [-0.2, -0.15) is 0 Å². The molecule has 0 bridgehead atoms. The number of benzene rings is 2. The molecular formula is C22H26N2O3. The van der Waals surface area contributed by atoms with Crippen molar-refractivity contribution in [3.05, 3.63) is 65.7 Å². The van der Waals surface area contributed by atoms with Crippen molar-refractivity contribution in [3.63, 3.8) is 0 Å². The number of carbonyl (C=O) groups excluding carboxylic acids is 2. The van der Waals surface area contributed by atoms with Gasteiger partial charge in [-0.15, -0.1) is 0 Å². The van der Waals surface area contributed by atoms with Crippen LogP contribution >= 0.6 is 0 Å². The minimum Gasteiger partial charge on any atom is -0.465 e. The SMILES string of the molecule is CCOC(=O)C1(c2ccccc2)CCN(C(=O)Nc2ccc(C)cc2)CC1. The molecule has 3 rings (SSSR count). The summed E-state index contributed by atoms with van der Waals surface area (Å²) in [5, 5.41) is 2.93. The number of nitrogens with zero attached hydrogens (tertiary/aromatic N) is 1. The van der Waals surface area contributed by atoms with Gasteiger partial charge in [-0.1, -0.05) is 48.0 Å². The van der Waals surface area contributed by atoms with E-state index < -0.39 is 5.41 Å². The van der Waals surface area contributed by atoms with Crippen molar-refractivity contribution < 1.29 is 14.3 Å². The first kappa shape index (κ1) is 19.0. The summed E-state index contributed by atoms with van der Waals surface area (Å²) < 4.78 is 5.38. The van der Waals surface area contributed by atoms with E-state index in [1.54, 1.807) is 4.90 Å². The largest absolute Gasteiger partial charge is 0.465 e. The highest BCUT2D eigenvalue weighted by molar-refractivity contribution is 5.90. The van der Waals surface area contributed by atoms with Gasteiger partial charge >= 0.3 is 12.0 Å². The summed E-state index contributed by atoms with van der Waals surface area (Å²) in [5.41, 5.74) is 2.20. The Morgan fingerprint density at radius 3 is 2.26 bits per heavy atom. The monoisotopic (exact) mass is 366 g/mol. The summed E-state index contributed by atoms with van der Waals surface area (Å²) in [5.74, 6) is -0.199. The second-order valence-corrected chi connectivity index (χ2v) is 6.95. The normalized spacial score (nSPS) is 15.9. The first-order chi connectivity index (χ1) is 13.0. The van der Waals surface area contributed by atoms with E-state index in [1.807, 2.05) is 68.4 Å². The molecule has 0 atom stereocenters. The second kappa shape index (κ2) is 8.25. The minimum absolute atomic E-state index is 0.135. The van der Waals surface area contributed by atoms with Crippen LogP contribution < -0.4 is 5.32 Å². The molecule has 0 radical (unpaired) electrons. The minimum atomic E-state index is -0.683. The highest BCUT2D eigenvalue weighted by atomic mass is 16.5. The van der Waals surface area contributed by atoms with Gasteiger partial charge in [-0.25, -0.2) is 4.79 Å². The summed E-state index contributed by atoms with van der Waals surface area (Å²) in [6.07, 6.45) is 1.11. The van der Waals surface area contributed by atoms with Gasteiger partial charge in [-0.3, -0.25) is 4.79 Å². The predicted octanol–water partition coefficient (Wildman–Crippen LogP) is 4.12. The van der Waals surface area contributed by atoms with Crippen molar-refractivity contribution in [1.82, 2.24) is 4.90 Å². The van der Waals surface area contributed by atoms with Crippen LogP contribution in [0.5, 0.6) is 0 Å². The van der Waals surface area contributed by atoms with Crippen molar-refractivity contribution >= 4 is 17.7 Å². The lowest BCUT2D eigenvalue weighted by molar-refractivity contribution is -0.152. The quantitative estimate of drug-likeness (QED) is 0.828. The van der Waals surface area contributed by atoms with E-state index in [0.717, 1.165) is 16.8 Å². The van der Waals surface area contributed by atoms with Gasteiger partial charge in [0, 0.05) is 18.8 Å². The predicted molar refractivity (Wildman–Crippen MR) is 106 cm³/mol. The van der Waals surface area contributed by atoms with E-state index in [0.29, 0.717) is 32.5 Å². The summed E-state index contributed by atoms with van der Waals surface area (Å²) in [6.45, 7) is 5.19. The number of anilines is 1. The summed E-state index contributed by atoms with van der Waals surface area (Å²) in [4.78, 5) is 27.1. The average Bonchev–Trinajstić information content (AvgIpc) is 2.70. The molecule has 2 aromatic rings.